The summed E-state index contributed by atoms with van der Waals surface area (Å²) in [6.07, 6.45) is 2.10. The van der Waals surface area contributed by atoms with Crippen LogP contribution in [0.25, 0.3) is 0 Å². The monoisotopic (exact) mass is 359 g/mol. The number of hydrogen-bond acceptors (Lipinski definition) is 5. The normalized spacial score (nSPS) is 10.3. The second-order valence-electron chi connectivity index (χ2n) is 5.50. The molecule has 0 saturated heterocycles. The van der Waals surface area contributed by atoms with E-state index in [4.69, 9.17) is 14.9 Å². The van der Waals surface area contributed by atoms with Gasteiger partial charge in [-0.05, 0) is 30.2 Å². The van der Waals surface area contributed by atoms with Crippen LogP contribution in [0, 0.1) is 0 Å². The number of ether oxygens (including phenoxy) is 1. The van der Waals surface area contributed by atoms with Crippen molar-refractivity contribution in [3.63, 3.8) is 0 Å². The van der Waals surface area contributed by atoms with Crippen LogP contribution in [0.3, 0.4) is 0 Å². The predicted octanol–water partition coefficient (Wildman–Crippen LogP) is 0.969. The molecule has 2 rings (SSSR count). The van der Waals surface area contributed by atoms with Gasteiger partial charge in [0.15, 0.2) is 0 Å². The van der Waals surface area contributed by atoms with Crippen LogP contribution in [0.15, 0.2) is 47.1 Å². The fraction of sp³-hybridized carbons (Fsp3) is 0.278. The van der Waals surface area contributed by atoms with E-state index in [2.05, 4.69) is 10.6 Å². The number of benzene rings is 1. The Bertz CT molecular complexity index is 743. The van der Waals surface area contributed by atoms with Gasteiger partial charge in [-0.2, -0.15) is 0 Å². The maximum atomic E-state index is 11.9. The van der Waals surface area contributed by atoms with Crippen LogP contribution in [0.1, 0.15) is 17.7 Å². The molecule has 138 valence electrons. The number of furan rings is 1. The van der Waals surface area contributed by atoms with Gasteiger partial charge in [0.25, 0.3) is 0 Å². The van der Waals surface area contributed by atoms with E-state index in [1.807, 2.05) is 6.07 Å². The van der Waals surface area contributed by atoms with Gasteiger partial charge in [-0.1, -0.05) is 18.2 Å². The maximum absolute atomic E-state index is 11.9. The Hall–Kier alpha value is -3.13. The summed E-state index contributed by atoms with van der Waals surface area (Å²) in [7, 11) is 0. The van der Waals surface area contributed by atoms with Gasteiger partial charge in [-0.15, -0.1) is 0 Å². The molecule has 8 heteroatoms. The van der Waals surface area contributed by atoms with Crippen LogP contribution in [0.4, 0.5) is 5.69 Å². The van der Waals surface area contributed by atoms with E-state index in [0.717, 1.165) is 5.76 Å². The maximum Gasteiger partial charge on any atom is 0.313 e. The molecule has 0 saturated carbocycles. The third kappa shape index (κ3) is 6.40. The van der Waals surface area contributed by atoms with E-state index in [1.165, 1.54) is 0 Å². The minimum Gasteiger partial charge on any atom is -0.467 e. The minimum atomic E-state index is -0.807. The molecule has 3 amide bonds. The molecule has 1 aromatic heterocycles. The molecule has 0 unspecified atom stereocenters. The van der Waals surface area contributed by atoms with E-state index in [0.29, 0.717) is 37.4 Å². The van der Waals surface area contributed by atoms with E-state index >= 15 is 0 Å². The van der Waals surface area contributed by atoms with Crippen LogP contribution < -0.4 is 16.4 Å². The Kier molecular flexibility index (Phi) is 7.38. The number of nitrogens with two attached hydrogens (primary N) is 1. The summed E-state index contributed by atoms with van der Waals surface area (Å²) >= 11 is 0. The molecule has 0 bridgehead atoms. The van der Waals surface area contributed by atoms with Crippen LogP contribution in [-0.4, -0.2) is 30.9 Å². The first-order chi connectivity index (χ1) is 12.6. The SMILES string of the molecule is NC(=O)Cc1ccccc1NC(=O)C(=O)NCCCOCc1ccco1. The summed E-state index contributed by atoms with van der Waals surface area (Å²) in [5.74, 6) is -1.36. The van der Waals surface area contributed by atoms with Gasteiger partial charge in [-0.25, -0.2) is 0 Å². The average Bonchev–Trinajstić information content (AvgIpc) is 3.12. The number of rotatable bonds is 9. The molecular formula is C18H21N3O5. The predicted molar refractivity (Wildman–Crippen MR) is 94.0 cm³/mol. The van der Waals surface area contributed by atoms with E-state index < -0.39 is 17.7 Å². The molecular weight excluding hydrogens is 338 g/mol. The second kappa shape index (κ2) is 10.00. The summed E-state index contributed by atoms with van der Waals surface area (Å²) < 4.78 is 10.5. The van der Waals surface area contributed by atoms with E-state index in [-0.39, 0.29) is 6.42 Å². The zero-order chi connectivity index (χ0) is 18.8. The summed E-state index contributed by atoms with van der Waals surface area (Å²) in [6.45, 7) is 1.08. The first-order valence-corrected chi connectivity index (χ1v) is 8.12. The lowest BCUT2D eigenvalue weighted by molar-refractivity contribution is -0.136. The van der Waals surface area contributed by atoms with Gasteiger partial charge in [-0.3, -0.25) is 14.4 Å². The smallest absolute Gasteiger partial charge is 0.313 e. The largest absolute Gasteiger partial charge is 0.467 e. The fourth-order valence-corrected chi connectivity index (χ4v) is 2.19. The Morgan fingerprint density at radius 1 is 1.08 bits per heavy atom. The third-order valence-corrected chi connectivity index (χ3v) is 3.41. The highest BCUT2D eigenvalue weighted by atomic mass is 16.5. The van der Waals surface area contributed by atoms with Crippen molar-refractivity contribution < 1.29 is 23.5 Å². The topological polar surface area (TPSA) is 124 Å². The average molecular weight is 359 g/mol. The first-order valence-electron chi connectivity index (χ1n) is 8.12. The first kappa shape index (κ1) is 19.2. The lowest BCUT2D eigenvalue weighted by Crippen LogP contribution is -2.36. The van der Waals surface area contributed by atoms with Crippen molar-refractivity contribution in [2.75, 3.05) is 18.5 Å². The molecule has 0 aliphatic rings. The molecule has 26 heavy (non-hydrogen) atoms. The van der Waals surface area contributed by atoms with Crippen LogP contribution in [-0.2, 0) is 32.1 Å². The number of carbonyl (C=O) groups excluding carboxylic acids is 3. The van der Waals surface area contributed by atoms with Crippen molar-refractivity contribution in [2.24, 2.45) is 5.73 Å². The Labute approximate surface area is 150 Å². The highest BCUT2D eigenvalue weighted by Gasteiger charge is 2.15. The van der Waals surface area contributed by atoms with Crippen molar-refractivity contribution in [2.45, 2.75) is 19.4 Å². The van der Waals surface area contributed by atoms with Crippen LogP contribution in [0.2, 0.25) is 0 Å². The number of primary amides is 1. The van der Waals surface area contributed by atoms with Crippen molar-refractivity contribution in [3.8, 4) is 0 Å². The molecule has 2 aromatic rings. The summed E-state index contributed by atoms with van der Waals surface area (Å²) in [5.41, 5.74) is 6.10. The molecule has 1 aromatic carbocycles. The molecule has 0 radical (unpaired) electrons. The molecule has 1 heterocycles. The lowest BCUT2D eigenvalue weighted by Gasteiger charge is -2.10. The van der Waals surface area contributed by atoms with Gasteiger partial charge in [0.05, 0.1) is 12.7 Å². The van der Waals surface area contributed by atoms with Gasteiger partial charge in [0, 0.05) is 18.8 Å². The number of anilines is 1. The standard InChI is InChI=1S/C18H21N3O5/c19-16(22)11-13-5-1-2-7-15(13)21-18(24)17(23)20-8-4-9-25-12-14-6-3-10-26-14/h1-3,5-7,10H,4,8-9,11-12H2,(H2,19,22)(H,20,23)(H,21,24). The Morgan fingerprint density at radius 2 is 1.88 bits per heavy atom. The zero-order valence-corrected chi connectivity index (χ0v) is 14.2. The quantitative estimate of drug-likeness (QED) is 0.455. The van der Waals surface area contributed by atoms with Gasteiger partial charge < -0.3 is 25.5 Å². The van der Waals surface area contributed by atoms with Crippen LogP contribution >= 0.6 is 0 Å². The third-order valence-electron chi connectivity index (χ3n) is 3.41. The highest BCUT2D eigenvalue weighted by molar-refractivity contribution is 6.39. The van der Waals surface area contributed by atoms with Crippen molar-refractivity contribution >= 4 is 23.4 Å². The highest BCUT2D eigenvalue weighted by Crippen LogP contribution is 2.15. The molecule has 0 fully saturated rings. The summed E-state index contributed by atoms with van der Waals surface area (Å²) in [4.78, 5) is 34.8. The molecule has 4 N–H and O–H groups in total. The lowest BCUT2D eigenvalue weighted by atomic mass is 10.1. The number of amides is 3. The zero-order valence-electron chi connectivity index (χ0n) is 14.2. The van der Waals surface area contributed by atoms with Crippen molar-refractivity contribution in [1.82, 2.24) is 5.32 Å². The number of carbonyl (C=O) groups is 3. The Morgan fingerprint density at radius 3 is 2.62 bits per heavy atom. The summed E-state index contributed by atoms with van der Waals surface area (Å²) in [5, 5.41) is 4.99. The van der Waals surface area contributed by atoms with E-state index in [1.54, 1.807) is 36.6 Å². The summed E-state index contributed by atoms with van der Waals surface area (Å²) in [6, 6.07) is 10.3. The number of nitrogens with one attached hydrogen (secondary N) is 2. The molecule has 0 aliphatic carbocycles. The van der Waals surface area contributed by atoms with Crippen molar-refractivity contribution in [3.05, 3.63) is 54.0 Å². The molecule has 8 nitrogen and oxygen atoms in total. The van der Waals surface area contributed by atoms with Crippen molar-refractivity contribution in [1.29, 1.82) is 0 Å². The van der Waals surface area contributed by atoms with Gasteiger partial charge >= 0.3 is 11.8 Å². The fourth-order valence-electron chi connectivity index (χ4n) is 2.19. The molecule has 0 atom stereocenters. The Balaban J connectivity index is 1.69. The van der Waals surface area contributed by atoms with E-state index in [9.17, 15) is 14.4 Å². The molecule has 0 aliphatic heterocycles. The molecule has 0 spiro atoms. The second-order valence-corrected chi connectivity index (χ2v) is 5.50. The number of hydrogen-bond donors (Lipinski definition) is 3. The minimum absolute atomic E-state index is 0.0227. The van der Waals surface area contributed by atoms with Crippen LogP contribution in [0.5, 0.6) is 0 Å². The van der Waals surface area contributed by atoms with Gasteiger partial charge in [0.1, 0.15) is 12.4 Å². The number of para-hydroxylation sites is 1. The van der Waals surface area contributed by atoms with Gasteiger partial charge in [0.2, 0.25) is 5.91 Å².